The predicted octanol–water partition coefficient (Wildman–Crippen LogP) is 3.92. The molecule has 1 aliphatic rings. The molecule has 2 aromatic rings. The lowest BCUT2D eigenvalue weighted by Gasteiger charge is -2.36. The number of aromatic nitrogens is 1. The van der Waals surface area contributed by atoms with Gasteiger partial charge in [-0.2, -0.15) is 13.2 Å². The van der Waals surface area contributed by atoms with Gasteiger partial charge in [0.15, 0.2) is 0 Å². The molecule has 1 saturated heterocycles. The molecule has 1 atom stereocenters. The largest absolute Gasteiger partial charge is 0.416 e. The number of carbonyl (C=O) groups is 1. The molecule has 1 unspecified atom stereocenters. The number of anilines is 1. The Bertz CT molecular complexity index is 816. The van der Waals surface area contributed by atoms with Crippen LogP contribution in [0.2, 0.25) is 0 Å². The molecule has 1 amide bonds. The molecule has 1 fully saturated rings. The van der Waals surface area contributed by atoms with Gasteiger partial charge in [0.25, 0.3) is 5.91 Å². The highest BCUT2D eigenvalue weighted by atomic mass is 32.1. The number of alkyl halides is 3. The van der Waals surface area contributed by atoms with Gasteiger partial charge in [-0.05, 0) is 24.6 Å². The number of halogens is 3. The van der Waals surface area contributed by atoms with Crippen molar-refractivity contribution in [3.05, 3.63) is 45.9 Å². The molecule has 5 nitrogen and oxygen atoms in total. The minimum atomic E-state index is -4.37. The molecule has 0 bridgehead atoms. The Hall–Kier alpha value is -2.13. The van der Waals surface area contributed by atoms with E-state index in [2.05, 4.69) is 4.98 Å². The second kappa shape index (κ2) is 8.48. The van der Waals surface area contributed by atoms with Crippen LogP contribution in [0.15, 0.2) is 29.6 Å². The zero-order chi connectivity index (χ0) is 20.3. The Morgan fingerprint density at radius 3 is 2.64 bits per heavy atom. The number of hydrogen-bond acceptors (Lipinski definition) is 5. The Labute approximate surface area is 166 Å². The molecule has 1 aromatic carbocycles. The normalized spacial score (nSPS) is 16.3. The minimum absolute atomic E-state index is 0.158. The van der Waals surface area contributed by atoms with Gasteiger partial charge in [0.2, 0.25) is 0 Å². The molecule has 3 rings (SSSR count). The summed E-state index contributed by atoms with van der Waals surface area (Å²) in [6, 6.07) is 5.13. The van der Waals surface area contributed by atoms with Gasteiger partial charge in [-0.3, -0.25) is 4.79 Å². The van der Waals surface area contributed by atoms with Crippen LogP contribution in [0.5, 0.6) is 0 Å². The van der Waals surface area contributed by atoms with Crippen molar-refractivity contribution in [1.29, 1.82) is 0 Å². The van der Waals surface area contributed by atoms with E-state index in [0.29, 0.717) is 37.6 Å². The second-order valence-corrected chi connectivity index (χ2v) is 7.68. The maximum Gasteiger partial charge on any atom is 0.416 e. The lowest BCUT2D eigenvalue weighted by molar-refractivity contribution is -0.137. The highest BCUT2D eigenvalue weighted by Crippen LogP contribution is 2.32. The van der Waals surface area contributed by atoms with Gasteiger partial charge < -0.3 is 15.5 Å². The first-order chi connectivity index (χ1) is 13.3. The molecule has 0 radical (unpaired) electrons. The van der Waals surface area contributed by atoms with Gasteiger partial charge in [-0.25, -0.2) is 4.98 Å². The average molecular weight is 412 g/mol. The van der Waals surface area contributed by atoms with Crippen molar-refractivity contribution in [3.63, 3.8) is 0 Å². The standard InChI is InChI=1S/C19H23F3N4OS/c1-2-4-15(23)17-24-16(12-28-17)18(27)26-9-7-25(8-10-26)14-6-3-5-13(11-14)19(20,21)22/h3,5-6,11-12,15H,2,4,7-10,23H2,1H3. The summed E-state index contributed by atoms with van der Waals surface area (Å²) < 4.78 is 38.7. The Balaban J connectivity index is 1.62. The first kappa shape index (κ1) is 20.6. The lowest BCUT2D eigenvalue weighted by atomic mass is 10.1. The monoisotopic (exact) mass is 412 g/mol. The molecule has 2 heterocycles. The number of nitrogens with zero attached hydrogens (tertiary/aromatic N) is 3. The van der Waals surface area contributed by atoms with Crippen LogP contribution in [-0.4, -0.2) is 42.0 Å². The molecule has 0 aliphatic carbocycles. The number of amides is 1. The van der Waals surface area contributed by atoms with Crippen molar-refractivity contribution < 1.29 is 18.0 Å². The highest BCUT2D eigenvalue weighted by molar-refractivity contribution is 7.09. The van der Waals surface area contributed by atoms with Crippen LogP contribution in [0, 0.1) is 0 Å². The van der Waals surface area contributed by atoms with Crippen LogP contribution in [0.3, 0.4) is 0 Å². The fraction of sp³-hybridized carbons (Fsp3) is 0.474. The quantitative estimate of drug-likeness (QED) is 0.809. The van der Waals surface area contributed by atoms with E-state index in [9.17, 15) is 18.0 Å². The predicted molar refractivity (Wildman–Crippen MR) is 104 cm³/mol. The van der Waals surface area contributed by atoms with Crippen molar-refractivity contribution in [2.45, 2.75) is 32.0 Å². The smallest absolute Gasteiger partial charge is 0.368 e. The average Bonchev–Trinajstić information content (AvgIpc) is 3.17. The third-order valence-electron chi connectivity index (χ3n) is 4.76. The van der Waals surface area contributed by atoms with Crippen molar-refractivity contribution >= 4 is 22.9 Å². The number of thiazole rings is 1. The summed E-state index contributed by atoms with van der Waals surface area (Å²) in [6.45, 7) is 3.86. The molecule has 0 spiro atoms. The summed E-state index contributed by atoms with van der Waals surface area (Å²) in [4.78, 5) is 20.6. The van der Waals surface area contributed by atoms with Gasteiger partial charge >= 0.3 is 6.18 Å². The zero-order valence-corrected chi connectivity index (χ0v) is 16.4. The lowest BCUT2D eigenvalue weighted by Crippen LogP contribution is -2.49. The van der Waals surface area contributed by atoms with Crippen LogP contribution in [0.25, 0.3) is 0 Å². The summed E-state index contributed by atoms with van der Waals surface area (Å²) in [5, 5.41) is 2.49. The Kier molecular flexibility index (Phi) is 6.24. The van der Waals surface area contributed by atoms with Gasteiger partial charge in [0.1, 0.15) is 10.7 Å². The van der Waals surface area contributed by atoms with E-state index in [4.69, 9.17) is 5.73 Å². The van der Waals surface area contributed by atoms with Crippen LogP contribution in [-0.2, 0) is 6.18 Å². The number of piperazine rings is 1. The van der Waals surface area contributed by atoms with Crippen molar-refractivity contribution in [2.75, 3.05) is 31.1 Å². The van der Waals surface area contributed by atoms with E-state index < -0.39 is 11.7 Å². The molecular formula is C19H23F3N4OS. The van der Waals surface area contributed by atoms with Crippen LogP contribution in [0.4, 0.5) is 18.9 Å². The summed E-state index contributed by atoms with van der Waals surface area (Å²) in [7, 11) is 0. The second-order valence-electron chi connectivity index (χ2n) is 6.79. The molecule has 28 heavy (non-hydrogen) atoms. The van der Waals surface area contributed by atoms with Gasteiger partial charge in [-0.1, -0.05) is 19.4 Å². The SMILES string of the molecule is CCCC(N)c1nc(C(=O)N2CCN(c3cccc(C(F)(F)F)c3)CC2)cs1. The highest BCUT2D eigenvalue weighted by Gasteiger charge is 2.31. The van der Waals surface area contributed by atoms with Gasteiger partial charge in [0, 0.05) is 37.2 Å². The molecule has 9 heteroatoms. The van der Waals surface area contributed by atoms with E-state index in [1.807, 2.05) is 11.8 Å². The molecule has 1 aliphatic heterocycles. The van der Waals surface area contributed by atoms with E-state index in [1.54, 1.807) is 16.3 Å². The van der Waals surface area contributed by atoms with Gasteiger partial charge in [-0.15, -0.1) is 11.3 Å². The number of benzene rings is 1. The number of hydrogen-bond donors (Lipinski definition) is 1. The van der Waals surface area contributed by atoms with Crippen LogP contribution < -0.4 is 10.6 Å². The first-order valence-electron chi connectivity index (χ1n) is 9.22. The summed E-state index contributed by atoms with van der Waals surface area (Å²) >= 11 is 1.39. The Morgan fingerprint density at radius 1 is 1.29 bits per heavy atom. The van der Waals surface area contributed by atoms with Crippen LogP contribution >= 0.6 is 11.3 Å². The van der Waals surface area contributed by atoms with E-state index >= 15 is 0 Å². The molecular weight excluding hydrogens is 389 g/mol. The van der Waals surface area contributed by atoms with Crippen molar-refractivity contribution in [3.8, 4) is 0 Å². The third-order valence-corrected chi connectivity index (χ3v) is 5.74. The van der Waals surface area contributed by atoms with Gasteiger partial charge in [0.05, 0.1) is 11.6 Å². The maximum absolute atomic E-state index is 12.9. The summed E-state index contributed by atoms with van der Waals surface area (Å²) in [6.07, 6.45) is -2.60. The maximum atomic E-state index is 12.9. The first-order valence-corrected chi connectivity index (χ1v) is 10.1. The number of nitrogens with two attached hydrogens (primary N) is 1. The molecule has 152 valence electrons. The fourth-order valence-electron chi connectivity index (χ4n) is 3.20. The van der Waals surface area contributed by atoms with E-state index in [0.717, 1.165) is 30.0 Å². The molecule has 1 aromatic heterocycles. The van der Waals surface area contributed by atoms with Crippen molar-refractivity contribution in [1.82, 2.24) is 9.88 Å². The number of carbonyl (C=O) groups excluding carboxylic acids is 1. The van der Waals surface area contributed by atoms with Crippen molar-refractivity contribution in [2.24, 2.45) is 5.73 Å². The molecule has 2 N–H and O–H groups in total. The minimum Gasteiger partial charge on any atom is -0.368 e. The molecule has 0 saturated carbocycles. The van der Waals surface area contributed by atoms with E-state index in [1.165, 1.54) is 17.4 Å². The third kappa shape index (κ3) is 4.64. The summed E-state index contributed by atoms with van der Waals surface area (Å²) in [5.41, 5.74) is 6.30. The topological polar surface area (TPSA) is 62.5 Å². The zero-order valence-electron chi connectivity index (χ0n) is 15.6. The number of rotatable bonds is 5. The Morgan fingerprint density at radius 2 is 2.00 bits per heavy atom. The van der Waals surface area contributed by atoms with E-state index in [-0.39, 0.29) is 11.9 Å². The summed E-state index contributed by atoms with van der Waals surface area (Å²) in [5.74, 6) is -0.158. The van der Waals surface area contributed by atoms with Crippen LogP contribution in [0.1, 0.15) is 46.9 Å². The fourth-order valence-corrected chi connectivity index (χ4v) is 4.03.